The number of carbonyl (C=O) groups is 2. The van der Waals surface area contributed by atoms with Gasteiger partial charge in [-0.3, -0.25) is 9.59 Å². The number of esters is 1. The number of aryl methyl sites for hydroxylation is 1. The van der Waals surface area contributed by atoms with Gasteiger partial charge in [-0.1, -0.05) is 18.2 Å². The molecule has 9 heteroatoms. The van der Waals surface area contributed by atoms with Crippen molar-refractivity contribution < 1.29 is 33.3 Å². The number of hydrogen-bond donors (Lipinski definition) is 0. The lowest BCUT2D eigenvalue weighted by Gasteiger charge is -2.46. The molecule has 0 N–H and O–H groups in total. The van der Waals surface area contributed by atoms with Crippen LogP contribution in [0.4, 0.5) is 11.4 Å². The number of rotatable bonds is 12. The zero-order valence-electron chi connectivity index (χ0n) is 27.0. The average Bonchev–Trinajstić information content (AvgIpc) is 3.06. The maximum Gasteiger partial charge on any atom is 0.305 e. The van der Waals surface area contributed by atoms with Crippen LogP contribution >= 0.6 is 0 Å². The fourth-order valence-corrected chi connectivity index (χ4v) is 6.54. The zero-order valence-corrected chi connectivity index (χ0v) is 27.0. The summed E-state index contributed by atoms with van der Waals surface area (Å²) < 4.78 is 27.6. The molecule has 0 bridgehead atoms. The molecule has 0 saturated carbocycles. The Balaban J connectivity index is 1.36. The highest BCUT2D eigenvalue weighted by atomic mass is 16.5. The van der Waals surface area contributed by atoms with Gasteiger partial charge in [0.05, 0.1) is 40.6 Å². The van der Waals surface area contributed by atoms with Crippen LogP contribution < -0.4 is 28.7 Å². The van der Waals surface area contributed by atoms with E-state index >= 15 is 0 Å². The van der Waals surface area contributed by atoms with Gasteiger partial charge in [0.25, 0.3) is 5.91 Å². The number of fused-ring (bicyclic) bond motifs is 2. The summed E-state index contributed by atoms with van der Waals surface area (Å²) in [6.45, 7) is 5.85. The van der Waals surface area contributed by atoms with Gasteiger partial charge in [-0.25, -0.2) is 0 Å². The fourth-order valence-electron chi connectivity index (χ4n) is 6.54. The molecule has 45 heavy (non-hydrogen) atoms. The maximum atomic E-state index is 14.1. The van der Waals surface area contributed by atoms with Crippen molar-refractivity contribution in [1.29, 1.82) is 0 Å². The quantitative estimate of drug-likeness (QED) is 0.163. The van der Waals surface area contributed by atoms with E-state index in [1.807, 2.05) is 36.1 Å². The van der Waals surface area contributed by atoms with Crippen molar-refractivity contribution in [2.24, 2.45) is 0 Å². The van der Waals surface area contributed by atoms with Crippen molar-refractivity contribution >= 4 is 23.3 Å². The van der Waals surface area contributed by atoms with Crippen LogP contribution in [0.25, 0.3) is 0 Å². The number of anilines is 2. The summed E-state index contributed by atoms with van der Waals surface area (Å²) in [5.74, 6) is 1.93. The van der Waals surface area contributed by atoms with Crippen molar-refractivity contribution in [2.75, 3.05) is 50.9 Å². The first-order valence-electron chi connectivity index (χ1n) is 15.8. The topological polar surface area (TPSA) is 86.8 Å². The Hall–Kier alpha value is -4.40. The second kappa shape index (κ2) is 14.6. The normalized spacial score (nSPS) is 17.2. The summed E-state index contributed by atoms with van der Waals surface area (Å²) in [4.78, 5) is 30.1. The second-order valence-corrected chi connectivity index (χ2v) is 11.4. The Morgan fingerprint density at radius 1 is 0.911 bits per heavy atom. The fraction of sp³-hybridized carbons (Fsp3) is 0.444. The molecular formula is C36H44N2O7. The molecule has 0 spiro atoms. The maximum absolute atomic E-state index is 14.1. The number of nitrogens with zero attached hydrogens (tertiary/aromatic N) is 2. The Bertz CT molecular complexity index is 1480. The Morgan fingerprint density at radius 2 is 1.67 bits per heavy atom. The van der Waals surface area contributed by atoms with E-state index < -0.39 is 0 Å². The lowest BCUT2D eigenvalue weighted by atomic mass is 9.87. The number of para-hydroxylation sites is 1. The first-order valence-corrected chi connectivity index (χ1v) is 15.8. The van der Waals surface area contributed by atoms with Gasteiger partial charge in [0.1, 0.15) is 5.75 Å². The molecule has 240 valence electrons. The standard InChI is InChI=1S/C36H44N2O7/c1-6-44-34(39)15-9-10-19-45-27-16-17-29-25(21-27)12-11-18-37(29)31-20-24(2)38(30-14-8-7-13-28(30)31)36(40)26-22-32(41-3)35(43-5)33(23-26)42-4/h7-8,13-14,16-17,21-24,31H,6,9-12,15,18-20H2,1-5H3. The lowest BCUT2D eigenvalue weighted by Crippen LogP contribution is -2.47. The van der Waals surface area contributed by atoms with E-state index in [0.29, 0.717) is 42.4 Å². The van der Waals surface area contributed by atoms with Gasteiger partial charge in [-0.2, -0.15) is 0 Å². The molecule has 0 aliphatic carbocycles. The number of benzene rings is 3. The van der Waals surface area contributed by atoms with Gasteiger partial charge in [0.15, 0.2) is 11.5 Å². The van der Waals surface area contributed by atoms with E-state index in [9.17, 15) is 9.59 Å². The van der Waals surface area contributed by atoms with Crippen molar-refractivity contribution in [1.82, 2.24) is 0 Å². The van der Waals surface area contributed by atoms with E-state index in [-0.39, 0.29) is 24.0 Å². The molecule has 9 nitrogen and oxygen atoms in total. The molecule has 0 radical (unpaired) electrons. The van der Waals surface area contributed by atoms with Crippen molar-refractivity contribution in [3.63, 3.8) is 0 Å². The Labute approximate surface area is 266 Å². The molecule has 2 heterocycles. The molecular weight excluding hydrogens is 572 g/mol. The van der Waals surface area contributed by atoms with Crippen LogP contribution in [0.2, 0.25) is 0 Å². The van der Waals surface area contributed by atoms with Gasteiger partial charge in [-0.15, -0.1) is 0 Å². The van der Waals surface area contributed by atoms with Crippen LogP contribution in [0, 0.1) is 0 Å². The van der Waals surface area contributed by atoms with Crippen molar-refractivity contribution in [2.45, 2.75) is 64.5 Å². The summed E-state index contributed by atoms with van der Waals surface area (Å²) in [6.07, 6.45) is 4.77. The number of unbranched alkanes of at least 4 members (excludes halogenated alkanes) is 1. The molecule has 2 atom stereocenters. The molecule has 3 aromatic rings. The minimum absolute atomic E-state index is 0.0564. The van der Waals surface area contributed by atoms with Gasteiger partial charge in [0.2, 0.25) is 5.75 Å². The Kier molecular flexibility index (Phi) is 10.4. The molecule has 0 fully saturated rings. The summed E-state index contributed by atoms with van der Waals surface area (Å²) in [7, 11) is 4.65. The van der Waals surface area contributed by atoms with Crippen LogP contribution in [-0.2, 0) is 16.0 Å². The minimum atomic E-state index is -0.154. The first kappa shape index (κ1) is 32.0. The highest BCUT2D eigenvalue weighted by Gasteiger charge is 2.38. The average molecular weight is 617 g/mol. The highest BCUT2D eigenvalue weighted by molar-refractivity contribution is 6.08. The van der Waals surface area contributed by atoms with Gasteiger partial charge in [-0.05, 0) is 93.5 Å². The molecule has 1 amide bonds. The molecule has 3 aromatic carbocycles. The first-order chi connectivity index (χ1) is 21.9. The predicted octanol–water partition coefficient (Wildman–Crippen LogP) is 6.76. The minimum Gasteiger partial charge on any atom is -0.494 e. The van der Waals surface area contributed by atoms with E-state index in [1.54, 1.807) is 33.5 Å². The highest BCUT2D eigenvalue weighted by Crippen LogP contribution is 2.46. The van der Waals surface area contributed by atoms with Crippen LogP contribution in [0.3, 0.4) is 0 Å². The third-order valence-electron chi connectivity index (χ3n) is 8.62. The van der Waals surface area contributed by atoms with Crippen LogP contribution in [0.1, 0.15) is 73.5 Å². The molecule has 5 rings (SSSR count). The third-order valence-corrected chi connectivity index (χ3v) is 8.62. The molecule has 2 aliphatic rings. The lowest BCUT2D eigenvalue weighted by molar-refractivity contribution is -0.143. The largest absolute Gasteiger partial charge is 0.494 e. The monoisotopic (exact) mass is 616 g/mol. The van der Waals surface area contributed by atoms with Crippen LogP contribution in [-0.4, -0.2) is 59.0 Å². The summed E-state index contributed by atoms with van der Waals surface area (Å²) in [6, 6.07) is 18.1. The van der Waals surface area contributed by atoms with Gasteiger partial charge in [0, 0.05) is 35.9 Å². The predicted molar refractivity (Wildman–Crippen MR) is 174 cm³/mol. The van der Waals surface area contributed by atoms with E-state index in [1.165, 1.54) is 11.3 Å². The number of amides is 1. The second-order valence-electron chi connectivity index (χ2n) is 11.4. The smallest absolute Gasteiger partial charge is 0.305 e. The van der Waals surface area contributed by atoms with Crippen LogP contribution in [0.15, 0.2) is 54.6 Å². The third kappa shape index (κ3) is 6.82. The molecule has 0 aromatic heterocycles. The van der Waals surface area contributed by atoms with Crippen molar-refractivity contribution in [3.8, 4) is 23.0 Å². The van der Waals surface area contributed by atoms with E-state index in [0.717, 1.165) is 55.6 Å². The number of methoxy groups -OCH3 is 3. The SMILES string of the molecule is CCOC(=O)CCCCOc1ccc2c(c1)CCCN2C1CC(C)N(C(=O)c2cc(OC)c(OC)c(OC)c2)c2ccccc21. The van der Waals surface area contributed by atoms with Gasteiger partial charge >= 0.3 is 5.97 Å². The molecule has 2 unspecified atom stereocenters. The Morgan fingerprint density at radius 3 is 2.38 bits per heavy atom. The van der Waals surface area contributed by atoms with E-state index in [2.05, 4.69) is 30.0 Å². The number of carbonyl (C=O) groups excluding carboxylic acids is 2. The van der Waals surface area contributed by atoms with Crippen LogP contribution in [0.5, 0.6) is 23.0 Å². The summed E-state index contributed by atoms with van der Waals surface area (Å²) >= 11 is 0. The number of ether oxygens (including phenoxy) is 5. The zero-order chi connectivity index (χ0) is 31.9. The van der Waals surface area contributed by atoms with E-state index in [4.69, 9.17) is 23.7 Å². The number of hydrogen-bond acceptors (Lipinski definition) is 8. The summed E-state index contributed by atoms with van der Waals surface area (Å²) in [5.41, 5.74) is 5.00. The summed E-state index contributed by atoms with van der Waals surface area (Å²) in [5, 5.41) is 0. The molecule has 2 aliphatic heterocycles. The molecule has 0 saturated heterocycles. The van der Waals surface area contributed by atoms with Gasteiger partial charge < -0.3 is 33.5 Å². The van der Waals surface area contributed by atoms with Crippen molar-refractivity contribution in [3.05, 3.63) is 71.3 Å².